The van der Waals surface area contributed by atoms with Gasteiger partial charge in [-0.3, -0.25) is 4.79 Å². The van der Waals surface area contributed by atoms with Gasteiger partial charge in [0, 0.05) is 5.92 Å². The normalized spacial score (nSPS) is 18.9. The molecular weight excluding hydrogens is 484 g/mol. The number of carbonyl (C=O) groups excluding carboxylic acids is 1. The number of hydrazone groups is 1. The summed E-state index contributed by atoms with van der Waals surface area (Å²) in [5, 5.41) is 4.11. The highest BCUT2D eigenvalue weighted by Gasteiger charge is 2.44. The zero-order valence-electron chi connectivity index (χ0n) is 16.4. The molecule has 1 aliphatic carbocycles. The van der Waals surface area contributed by atoms with E-state index in [-0.39, 0.29) is 23.2 Å². The molecule has 0 heterocycles. The Morgan fingerprint density at radius 2 is 1.79 bits per heavy atom. The number of hydrogen-bond acceptors (Lipinski definition) is 3. The first-order valence-electron chi connectivity index (χ1n) is 9.17. The Kier molecular flexibility index (Phi) is 6.30. The summed E-state index contributed by atoms with van der Waals surface area (Å²) >= 11 is 6.92. The fourth-order valence-corrected chi connectivity index (χ4v) is 4.73. The van der Waals surface area contributed by atoms with E-state index in [4.69, 9.17) is 4.74 Å². The Morgan fingerprint density at radius 1 is 1.18 bits per heavy atom. The third-order valence-electron chi connectivity index (χ3n) is 4.95. The van der Waals surface area contributed by atoms with E-state index in [1.165, 1.54) is 11.1 Å². The smallest absolute Gasteiger partial charge is 0.243 e. The van der Waals surface area contributed by atoms with E-state index in [0.717, 1.165) is 26.7 Å². The minimum absolute atomic E-state index is 0.00743. The molecular formula is C22H24Br2N2O2. The summed E-state index contributed by atoms with van der Waals surface area (Å²) in [7, 11) is 1.61. The van der Waals surface area contributed by atoms with Gasteiger partial charge in [-0.1, -0.05) is 45.0 Å². The highest BCUT2D eigenvalue weighted by Crippen LogP contribution is 2.47. The van der Waals surface area contributed by atoms with Gasteiger partial charge in [0.1, 0.15) is 5.75 Å². The van der Waals surface area contributed by atoms with Crippen LogP contribution in [-0.2, 0) is 10.2 Å². The summed E-state index contributed by atoms with van der Waals surface area (Å²) in [5.74, 6) is 0.966. The summed E-state index contributed by atoms with van der Waals surface area (Å²) in [4.78, 5) is 12.4. The second-order valence-corrected chi connectivity index (χ2v) is 9.78. The van der Waals surface area contributed by atoms with Crippen molar-refractivity contribution < 1.29 is 9.53 Å². The third-order valence-corrected chi connectivity index (χ3v) is 6.12. The van der Waals surface area contributed by atoms with Crippen LogP contribution in [0.3, 0.4) is 0 Å². The molecule has 148 valence electrons. The first kappa shape index (κ1) is 21.1. The first-order valence-corrected chi connectivity index (χ1v) is 10.8. The Bertz CT molecular complexity index is 879. The summed E-state index contributed by atoms with van der Waals surface area (Å²) in [5.41, 5.74) is 6.18. The predicted octanol–water partition coefficient (Wildman–Crippen LogP) is 5.77. The quantitative estimate of drug-likeness (QED) is 0.412. The van der Waals surface area contributed by atoms with Gasteiger partial charge < -0.3 is 4.74 Å². The van der Waals surface area contributed by atoms with E-state index in [2.05, 4.69) is 87.4 Å². The van der Waals surface area contributed by atoms with E-state index in [1.807, 2.05) is 12.1 Å². The van der Waals surface area contributed by atoms with Crippen LogP contribution in [-0.4, -0.2) is 19.2 Å². The van der Waals surface area contributed by atoms with Crippen molar-refractivity contribution >= 4 is 44.0 Å². The Balaban J connectivity index is 1.57. The number of methoxy groups -OCH3 is 1. The number of hydrogen-bond donors (Lipinski definition) is 1. The van der Waals surface area contributed by atoms with Gasteiger partial charge in [-0.2, -0.15) is 5.10 Å². The maximum Gasteiger partial charge on any atom is 0.243 e. The fraction of sp³-hybridized carbons (Fsp3) is 0.364. The average molecular weight is 508 g/mol. The lowest BCUT2D eigenvalue weighted by Crippen LogP contribution is -2.20. The lowest BCUT2D eigenvalue weighted by Gasteiger charge is -2.19. The van der Waals surface area contributed by atoms with Gasteiger partial charge in [0.15, 0.2) is 0 Å². The van der Waals surface area contributed by atoms with Gasteiger partial charge in [0.25, 0.3) is 0 Å². The molecule has 2 atom stereocenters. The zero-order chi connectivity index (χ0) is 20.5. The van der Waals surface area contributed by atoms with Gasteiger partial charge in [-0.25, -0.2) is 5.43 Å². The average Bonchev–Trinajstić information content (AvgIpc) is 3.42. The molecule has 0 aliphatic heterocycles. The molecule has 1 aliphatic rings. The summed E-state index contributed by atoms with van der Waals surface area (Å²) in [6.07, 6.45) is 2.50. The van der Waals surface area contributed by atoms with E-state index in [0.29, 0.717) is 0 Å². The second kappa shape index (κ2) is 8.37. The molecule has 28 heavy (non-hydrogen) atoms. The number of benzene rings is 2. The highest BCUT2D eigenvalue weighted by atomic mass is 79.9. The van der Waals surface area contributed by atoms with Crippen molar-refractivity contribution in [2.24, 2.45) is 11.0 Å². The van der Waals surface area contributed by atoms with Crippen LogP contribution in [0.25, 0.3) is 0 Å². The van der Waals surface area contributed by atoms with Gasteiger partial charge >= 0.3 is 0 Å². The Morgan fingerprint density at radius 3 is 2.32 bits per heavy atom. The molecule has 1 saturated carbocycles. The number of amides is 1. The maximum absolute atomic E-state index is 12.4. The minimum atomic E-state index is -0.0345. The van der Waals surface area contributed by atoms with Crippen molar-refractivity contribution in [2.75, 3.05) is 7.11 Å². The molecule has 0 radical (unpaired) electrons. The standard InChI is InChI=1S/C22H24Br2N2O2/c1-22(2,3)15-7-5-14(6-8-15)16-11-17(16)21(27)26-25-12-13-9-18(23)20(28-4)19(24)10-13/h5-10,12,16-17H,11H2,1-4H3,(H,26,27). The van der Waals surface area contributed by atoms with Crippen molar-refractivity contribution in [3.05, 3.63) is 62.0 Å². The van der Waals surface area contributed by atoms with Crippen molar-refractivity contribution in [3.8, 4) is 5.75 Å². The molecule has 4 nitrogen and oxygen atoms in total. The van der Waals surface area contributed by atoms with E-state index in [9.17, 15) is 4.79 Å². The lowest BCUT2D eigenvalue weighted by atomic mass is 9.86. The number of halogens is 2. The Labute approximate surface area is 183 Å². The van der Waals surface area contributed by atoms with Crippen LogP contribution < -0.4 is 10.2 Å². The molecule has 2 aromatic rings. The van der Waals surface area contributed by atoms with Crippen LogP contribution >= 0.6 is 31.9 Å². The number of rotatable bonds is 5. The third kappa shape index (κ3) is 4.84. The molecule has 1 fully saturated rings. The molecule has 3 rings (SSSR count). The number of nitrogens with one attached hydrogen (secondary N) is 1. The van der Waals surface area contributed by atoms with Gasteiger partial charge in [0.05, 0.1) is 22.3 Å². The van der Waals surface area contributed by atoms with Crippen LogP contribution in [0.1, 0.15) is 49.8 Å². The van der Waals surface area contributed by atoms with E-state index in [1.54, 1.807) is 13.3 Å². The molecule has 0 spiro atoms. The van der Waals surface area contributed by atoms with Crippen molar-refractivity contribution in [1.82, 2.24) is 5.43 Å². The van der Waals surface area contributed by atoms with Crippen LogP contribution in [0.2, 0.25) is 0 Å². The molecule has 2 unspecified atom stereocenters. The summed E-state index contributed by atoms with van der Waals surface area (Å²) in [6.45, 7) is 6.61. The number of nitrogens with zero attached hydrogens (tertiary/aromatic N) is 1. The van der Waals surface area contributed by atoms with Gasteiger partial charge in [-0.05, 0) is 78.4 Å². The Hall–Kier alpha value is -1.66. The molecule has 6 heteroatoms. The second-order valence-electron chi connectivity index (χ2n) is 8.07. The van der Waals surface area contributed by atoms with E-state index < -0.39 is 0 Å². The molecule has 0 aromatic heterocycles. The van der Waals surface area contributed by atoms with Crippen molar-refractivity contribution in [3.63, 3.8) is 0 Å². The number of carbonyl (C=O) groups is 1. The SMILES string of the molecule is COc1c(Br)cc(C=NNC(=O)C2CC2c2ccc(C(C)(C)C)cc2)cc1Br. The van der Waals surface area contributed by atoms with Crippen LogP contribution in [0.15, 0.2) is 50.4 Å². The highest BCUT2D eigenvalue weighted by molar-refractivity contribution is 9.11. The maximum atomic E-state index is 12.4. The molecule has 1 N–H and O–H groups in total. The monoisotopic (exact) mass is 506 g/mol. The fourth-order valence-electron chi connectivity index (χ4n) is 3.19. The molecule has 0 saturated heterocycles. The first-order chi connectivity index (χ1) is 13.2. The number of ether oxygens (including phenoxy) is 1. The van der Waals surface area contributed by atoms with E-state index >= 15 is 0 Å². The molecule has 0 bridgehead atoms. The lowest BCUT2D eigenvalue weighted by molar-refractivity contribution is -0.122. The predicted molar refractivity (Wildman–Crippen MR) is 120 cm³/mol. The molecule has 2 aromatic carbocycles. The van der Waals surface area contributed by atoms with Crippen molar-refractivity contribution in [2.45, 2.75) is 38.5 Å². The van der Waals surface area contributed by atoms with Crippen LogP contribution in [0.4, 0.5) is 0 Å². The van der Waals surface area contributed by atoms with Crippen LogP contribution in [0, 0.1) is 5.92 Å². The minimum Gasteiger partial charge on any atom is -0.494 e. The van der Waals surface area contributed by atoms with Crippen molar-refractivity contribution in [1.29, 1.82) is 0 Å². The van der Waals surface area contributed by atoms with Gasteiger partial charge in [0.2, 0.25) is 5.91 Å². The van der Waals surface area contributed by atoms with Crippen LogP contribution in [0.5, 0.6) is 5.75 Å². The van der Waals surface area contributed by atoms with Gasteiger partial charge in [-0.15, -0.1) is 0 Å². The largest absolute Gasteiger partial charge is 0.494 e. The summed E-state index contributed by atoms with van der Waals surface area (Å²) in [6, 6.07) is 12.4. The zero-order valence-corrected chi connectivity index (χ0v) is 19.6. The summed E-state index contributed by atoms with van der Waals surface area (Å²) < 4.78 is 6.92. The molecule has 1 amide bonds. The topological polar surface area (TPSA) is 50.7 Å².